The summed E-state index contributed by atoms with van der Waals surface area (Å²) in [5.74, 6) is -0.450. The topological polar surface area (TPSA) is 51.5 Å². The van der Waals surface area contributed by atoms with Crippen molar-refractivity contribution in [2.24, 2.45) is 7.05 Å². The molecule has 1 amide bonds. The van der Waals surface area contributed by atoms with Crippen LogP contribution in [0.3, 0.4) is 0 Å². The van der Waals surface area contributed by atoms with Crippen LogP contribution >= 0.6 is 0 Å². The van der Waals surface area contributed by atoms with Crippen molar-refractivity contribution in [3.8, 4) is 0 Å². The van der Waals surface area contributed by atoms with Crippen molar-refractivity contribution in [2.45, 2.75) is 0 Å². The maximum atomic E-state index is 11.5. The van der Waals surface area contributed by atoms with Gasteiger partial charge in [-0.2, -0.15) is 0 Å². The molecule has 76 valence electrons. The number of amides is 1. The maximum Gasteiger partial charge on any atom is 0.282 e. The molecule has 14 heavy (non-hydrogen) atoms. The van der Waals surface area contributed by atoms with E-state index in [0.717, 1.165) is 5.06 Å². The minimum absolute atomic E-state index is 0.0966. The van der Waals surface area contributed by atoms with E-state index < -0.39 is 5.91 Å². The van der Waals surface area contributed by atoms with Gasteiger partial charge in [-0.05, 0) is 12.1 Å². The van der Waals surface area contributed by atoms with Crippen LogP contribution in [0.2, 0.25) is 0 Å². The third-order valence-corrected chi connectivity index (χ3v) is 1.91. The summed E-state index contributed by atoms with van der Waals surface area (Å²) >= 11 is 0. The van der Waals surface area contributed by atoms with Crippen molar-refractivity contribution in [1.29, 1.82) is 0 Å². The monoisotopic (exact) mass is 196 g/mol. The van der Waals surface area contributed by atoms with Crippen molar-refractivity contribution in [3.63, 3.8) is 0 Å². The highest BCUT2D eigenvalue weighted by Crippen LogP contribution is 1.96. The largest absolute Gasteiger partial charge is 0.318 e. The van der Waals surface area contributed by atoms with Gasteiger partial charge in [-0.25, -0.2) is 5.06 Å². The van der Waals surface area contributed by atoms with E-state index >= 15 is 0 Å². The lowest BCUT2D eigenvalue weighted by molar-refractivity contribution is -0.0758. The maximum absolute atomic E-state index is 11.5. The lowest BCUT2D eigenvalue weighted by Crippen LogP contribution is -2.32. The number of aryl methyl sites for hydroxylation is 1. The molecule has 0 saturated carbocycles. The smallest absolute Gasteiger partial charge is 0.282 e. The average Bonchev–Trinajstić information content (AvgIpc) is 2.20. The van der Waals surface area contributed by atoms with Crippen molar-refractivity contribution in [1.82, 2.24) is 9.63 Å². The second-order valence-electron chi connectivity index (χ2n) is 2.82. The predicted molar refractivity (Wildman–Crippen MR) is 50.8 cm³/mol. The number of pyridine rings is 1. The molecule has 0 unspecified atom stereocenters. The van der Waals surface area contributed by atoms with Crippen molar-refractivity contribution in [2.75, 3.05) is 14.2 Å². The lowest BCUT2D eigenvalue weighted by Gasteiger charge is -2.13. The van der Waals surface area contributed by atoms with Crippen LogP contribution in [0.25, 0.3) is 0 Å². The average molecular weight is 196 g/mol. The molecule has 1 heterocycles. The summed E-state index contributed by atoms with van der Waals surface area (Å²) in [4.78, 5) is 27.7. The van der Waals surface area contributed by atoms with Crippen LogP contribution in [-0.4, -0.2) is 29.7 Å². The van der Waals surface area contributed by atoms with Gasteiger partial charge in [-0.1, -0.05) is 0 Å². The molecule has 0 aliphatic rings. The minimum Gasteiger partial charge on any atom is -0.318 e. The predicted octanol–water partition coefficient (Wildman–Crippen LogP) is 0.0187. The summed E-state index contributed by atoms with van der Waals surface area (Å²) in [5.41, 5.74) is -0.235. The van der Waals surface area contributed by atoms with E-state index in [0.29, 0.717) is 0 Å². The molecule has 0 saturated heterocycles. The van der Waals surface area contributed by atoms with Gasteiger partial charge in [0.1, 0.15) is 5.56 Å². The molecular weight excluding hydrogens is 184 g/mol. The third kappa shape index (κ3) is 1.82. The fraction of sp³-hybridized carbons (Fsp3) is 0.333. The van der Waals surface area contributed by atoms with Crippen molar-refractivity contribution >= 4 is 5.91 Å². The van der Waals surface area contributed by atoms with Crippen LogP contribution in [0.1, 0.15) is 10.4 Å². The molecule has 0 aliphatic carbocycles. The molecule has 1 aromatic heterocycles. The minimum atomic E-state index is -0.450. The van der Waals surface area contributed by atoms with Crippen LogP contribution in [0.15, 0.2) is 23.1 Å². The van der Waals surface area contributed by atoms with E-state index in [1.165, 1.54) is 24.8 Å². The van der Waals surface area contributed by atoms with Gasteiger partial charge in [-0.3, -0.25) is 14.4 Å². The Morgan fingerprint density at radius 3 is 2.79 bits per heavy atom. The number of carbonyl (C=O) groups excluding carboxylic acids is 1. The molecule has 5 nitrogen and oxygen atoms in total. The molecule has 1 rings (SSSR count). The van der Waals surface area contributed by atoms with Crippen LogP contribution in [0, 0.1) is 0 Å². The Morgan fingerprint density at radius 2 is 2.21 bits per heavy atom. The number of aromatic nitrogens is 1. The molecule has 0 spiro atoms. The van der Waals surface area contributed by atoms with E-state index in [-0.39, 0.29) is 11.1 Å². The van der Waals surface area contributed by atoms with E-state index in [1.807, 2.05) is 0 Å². The summed E-state index contributed by atoms with van der Waals surface area (Å²) in [6.07, 6.45) is 1.59. The first-order chi connectivity index (χ1) is 6.57. The molecule has 0 radical (unpaired) electrons. The first-order valence-corrected chi connectivity index (χ1v) is 4.05. The Labute approximate surface area is 81.5 Å². The Balaban J connectivity index is 3.14. The van der Waals surface area contributed by atoms with E-state index in [4.69, 9.17) is 4.84 Å². The zero-order chi connectivity index (χ0) is 10.7. The fourth-order valence-corrected chi connectivity index (χ4v) is 1.01. The molecule has 0 fully saturated rings. The SMILES string of the molecule is CON(C)C(=O)c1cccn(C)c1=O. The molecule has 1 aromatic rings. The highest BCUT2D eigenvalue weighted by molar-refractivity contribution is 5.92. The Morgan fingerprint density at radius 1 is 1.57 bits per heavy atom. The second kappa shape index (κ2) is 4.06. The van der Waals surface area contributed by atoms with Gasteiger partial charge in [0.15, 0.2) is 0 Å². The summed E-state index contributed by atoms with van der Waals surface area (Å²) in [7, 11) is 4.41. The molecule has 0 atom stereocenters. The summed E-state index contributed by atoms with van der Waals surface area (Å²) in [6, 6.07) is 3.11. The van der Waals surface area contributed by atoms with Gasteiger partial charge in [0.2, 0.25) is 0 Å². The lowest BCUT2D eigenvalue weighted by atomic mass is 10.2. The van der Waals surface area contributed by atoms with Crippen LogP contribution in [0.4, 0.5) is 0 Å². The quantitative estimate of drug-likeness (QED) is 0.626. The number of hydrogen-bond donors (Lipinski definition) is 0. The van der Waals surface area contributed by atoms with Gasteiger partial charge >= 0.3 is 0 Å². The molecule has 0 aromatic carbocycles. The Kier molecular flexibility index (Phi) is 3.03. The fourth-order valence-electron chi connectivity index (χ4n) is 1.01. The summed E-state index contributed by atoms with van der Waals surface area (Å²) in [6.45, 7) is 0. The van der Waals surface area contributed by atoms with E-state index in [2.05, 4.69) is 0 Å². The van der Waals surface area contributed by atoms with Gasteiger partial charge < -0.3 is 4.57 Å². The van der Waals surface area contributed by atoms with Gasteiger partial charge in [0.05, 0.1) is 7.11 Å². The molecule has 0 bridgehead atoms. The number of hydroxylamine groups is 2. The zero-order valence-corrected chi connectivity index (χ0v) is 8.35. The highest BCUT2D eigenvalue weighted by Gasteiger charge is 2.15. The zero-order valence-electron chi connectivity index (χ0n) is 8.35. The Bertz CT molecular complexity index is 397. The van der Waals surface area contributed by atoms with Crippen molar-refractivity contribution < 1.29 is 9.63 Å². The standard InChI is InChI=1S/C9H12N2O3/c1-10-6-4-5-7(8(10)12)9(13)11(2)14-3/h4-6H,1-3H3. The van der Waals surface area contributed by atoms with Crippen LogP contribution < -0.4 is 5.56 Å². The third-order valence-electron chi connectivity index (χ3n) is 1.91. The first kappa shape index (κ1) is 10.5. The first-order valence-electron chi connectivity index (χ1n) is 4.05. The summed E-state index contributed by atoms with van der Waals surface area (Å²) < 4.78 is 1.34. The molecule has 5 heteroatoms. The number of carbonyl (C=O) groups is 1. The highest BCUT2D eigenvalue weighted by atomic mass is 16.7. The molecular formula is C9H12N2O3. The molecule has 0 aliphatic heterocycles. The number of hydrogen-bond acceptors (Lipinski definition) is 3. The normalized spacial score (nSPS) is 9.93. The molecule has 0 N–H and O–H groups in total. The van der Waals surface area contributed by atoms with Crippen LogP contribution in [0.5, 0.6) is 0 Å². The van der Waals surface area contributed by atoms with Crippen molar-refractivity contribution in [3.05, 3.63) is 34.2 Å². The number of nitrogens with zero attached hydrogens (tertiary/aromatic N) is 2. The summed E-state index contributed by atoms with van der Waals surface area (Å²) in [5, 5.41) is 1.01. The number of rotatable bonds is 2. The van der Waals surface area contributed by atoms with Gasteiger partial charge in [-0.15, -0.1) is 0 Å². The van der Waals surface area contributed by atoms with Crippen LogP contribution in [-0.2, 0) is 11.9 Å². The van der Waals surface area contributed by atoms with Gasteiger partial charge in [0.25, 0.3) is 11.5 Å². The van der Waals surface area contributed by atoms with E-state index in [9.17, 15) is 9.59 Å². The second-order valence-corrected chi connectivity index (χ2v) is 2.82. The Hall–Kier alpha value is -1.62. The van der Waals surface area contributed by atoms with E-state index in [1.54, 1.807) is 19.3 Å². The van der Waals surface area contributed by atoms with Gasteiger partial charge in [0, 0.05) is 20.3 Å².